The summed E-state index contributed by atoms with van der Waals surface area (Å²) in [6.45, 7) is 5.24. The van der Waals surface area contributed by atoms with Gasteiger partial charge in [-0.1, -0.05) is 0 Å². The largest absolute Gasteiger partial charge is 0.313 e. The van der Waals surface area contributed by atoms with E-state index < -0.39 is 0 Å². The standard InChI is InChI=1S/C11H19N3S/c1-9-8-15-11(13-9)7-14(2)6-5-12-10-3-4-10/h8,10,12H,3-7H2,1-2H3. The van der Waals surface area contributed by atoms with Gasteiger partial charge in [0.1, 0.15) is 5.01 Å². The van der Waals surface area contributed by atoms with Gasteiger partial charge in [0, 0.05) is 30.2 Å². The van der Waals surface area contributed by atoms with Crippen molar-refractivity contribution in [2.45, 2.75) is 32.4 Å². The van der Waals surface area contributed by atoms with Gasteiger partial charge in [0.2, 0.25) is 0 Å². The number of likely N-dealkylation sites (N-methyl/N-ethyl adjacent to an activating group) is 1. The van der Waals surface area contributed by atoms with E-state index in [0.717, 1.165) is 31.4 Å². The molecule has 1 saturated carbocycles. The summed E-state index contributed by atoms with van der Waals surface area (Å²) in [6.07, 6.45) is 2.74. The smallest absolute Gasteiger partial charge is 0.107 e. The van der Waals surface area contributed by atoms with E-state index in [-0.39, 0.29) is 0 Å². The molecular formula is C11H19N3S. The van der Waals surface area contributed by atoms with Crippen LogP contribution in [0.25, 0.3) is 0 Å². The molecule has 1 aliphatic carbocycles. The SMILES string of the molecule is Cc1csc(CN(C)CCNC2CC2)n1. The summed E-state index contributed by atoms with van der Waals surface area (Å²) in [4.78, 5) is 6.79. The number of nitrogens with one attached hydrogen (secondary N) is 1. The van der Waals surface area contributed by atoms with E-state index in [0.29, 0.717) is 0 Å². The molecule has 3 nitrogen and oxygen atoms in total. The Kier molecular flexibility index (Phi) is 3.72. The molecule has 1 aromatic heterocycles. The lowest BCUT2D eigenvalue weighted by atomic mass is 10.5. The van der Waals surface area contributed by atoms with E-state index in [2.05, 4.69) is 34.6 Å². The minimum atomic E-state index is 0.820. The van der Waals surface area contributed by atoms with Crippen molar-refractivity contribution in [1.29, 1.82) is 0 Å². The van der Waals surface area contributed by atoms with E-state index in [1.807, 2.05) is 0 Å². The Morgan fingerprint density at radius 3 is 3.00 bits per heavy atom. The first kappa shape index (κ1) is 11.0. The van der Waals surface area contributed by atoms with Crippen LogP contribution in [0.15, 0.2) is 5.38 Å². The highest BCUT2D eigenvalue weighted by molar-refractivity contribution is 7.09. The Labute approximate surface area is 95.5 Å². The summed E-state index contributed by atoms with van der Waals surface area (Å²) in [5.74, 6) is 0. The molecule has 1 aliphatic rings. The number of hydrogen-bond donors (Lipinski definition) is 1. The Hall–Kier alpha value is -0.450. The molecule has 84 valence electrons. The van der Waals surface area contributed by atoms with Gasteiger partial charge < -0.3 is 5.32 Å². The van der Waals surface area contributed by atoms with Crippen molar-refractivity contribution in [2.24, 2.45) is 0 Å². The van der Waals surface area contributed by atoms with Crippen molar-refractivity contribution in [3.05, 3.63) is 16.1 Å². The van der Waals surface area contributed by atoms with E-state index in [4.69, 9.17) is 0 Å². The molecule has 2 rings (SSSR count). The van der Waals surface area contributed by atoms with Gasteiger partial charge in [-0.05, 0) is 26.8 Å². The molecule has 0 unspecified atom stereocenters. The maximum Gasteiger partial charge on any atom is 0.107 e. The zero-order chi connectivity index (χ0) is 10.7. The molecule has 0 amide bonds. The average Bonchev–Trinajstić information content (AvgIpc) is 2.91. The van der Waals surface area contributed by atoms with Crippen LogP contribution in [0.1, 0.15) is 23.5 Å². The number of rotatable bonds is 6. The molecule has 1 aromatic rings. The zero-order valence-electron chi connectivity index (χ0n) is 9.49. The maximum atomic E-state index is 4.46. The Morgan fingerprint density at radius 1 is 1.60 bits per heavy atom. The molecule has 4 heteroatoms. The highest BCUT2D eigenvalue weighted by atomic mass is 32.1. The Bertz CT molecular complexity index is 307. The number of hydrogen-bond acceptors (Lipinski definition) is 4. The van der Waals surface area contributed by atoms with Gasteiger partial charge in [0.15, 0.2) is 0 Å². The van der Waals surface area contributed by atoms with Gasteiger partial charge in [0.05, 0.1) is 6.54 Å². The van der Waals surface area contributed by atoms with Gasteiger partial charge in [-0.2, -0.15) is 0 Å². The predicted octanol–water partition coefficient (Wildman–Crippen LogP) is 1.64. The summed E-state index contributed by atoms with van der Waals surface area (Å²) in [5, 5.41) is 6.86. The molecule has 0 bridgehead atoms. The summed E-state index contributed by atoms with van der Waals surface area (Å²) in [6, 6.07) is 0.820. The molecule has 0 saturated heterocycles. The second kappa shape index (κ2) is 5.05. The molecule has 1 N–H and O–H groups in total. The Morgan fingerprint density at radius 2 is 2.40 bits per heavy atom. The van der Waals surface area contributed by atoms with Gasteiger partial charge in [-0.15, -0.1) is 11.3 Å². The summed E-state index contributed by atoms with van der Waals surface area (Å²) in [5.41, 5.74) is 1.14. The van der Waals surface area contributed by atoms with Crippen LogP contribution in [0, 0.1) is 6.92 Å². The van der Waals surface area contributed by atoms with Crippen LogP contribution >= 0.6 is 11.3 Å². The predicted molar refractivity (Wildman–Crippen MR) is 64.2 cm³/mol. The third-order valence-corrected chi connectivity index (χ3v) is 3.53. The zero-order valence-corrected chi connectivity index (χ0v) is 10.3. The van der Waals surface area contributed by atoms with Gasteiger partial charge in [0.25, 0.3) is 0 Å². The quantitative estimate of drug-likeness (QED) is 0.797. The van der Waals surface area contributed by atoms with Crippen LogP contribution < -0.4 is 5.32 Å². The number of aromatic nitrogens is 1. The minimum absolute atomic E-state index is 0.820. The topological polar surface area (TPSA) is 28.2 Å². The highest BCUT2D eigenvalue weighted by Gasteiger charge is 2.19. The molecule has 1 heterocycles. The van der Waals surface area contributed by atoms with Gasteiger partial charge in [-0.3, -0.25) is 4.90 Å². The molecule has 0 aromatic carbocycles. The highest BCUT2D eigenvalue weighted by Crippen LogP contribution is 2.18. The summed E-state index contributed by atoms with van der Waals surface area (Å²) in [7, 11) is 2.16. The van der Waals surface area contributed by atoms with Crippen LogP contribution in [-0.4, -0.2) is 36.1 Å². The van der Waals surface area contributed by atoms with Crippen molar-refractivity contribution in [1.82, 2.24) is 15.2 Å². The third kappa shape index (κ3) is 3.89. The normalized spacial score (nSPS) is 16.2. The van der Waals surface area contributed by atoms with E-state index in [9.17, 15) is 0 Å². The van der Waals surface area contributed by atoms with Crippen LogP contribution in [0.3, 0.4) is 0 Å². The maximum absolute atomic E-state index is 4.46. The lowest BCUT2D eigenvalue weighted by Crippen LogP contribution is -2.29. The fourth-order valence-corrected chi connectivity index (χ4v) is 2.38. The first-order valence-corrected chi connectivity index (χ1v) is 6.45. The fraction of sp³-hybridized carbons (Fsp3) is 0.727. The van der Waals surface area contributed by atoms with Crippen molar-refractivity contribution >= 4 is 11.3 Å². The van der Waals surface area contributed by atoms with Crippen LogP contribution in [0.5, 0.6) is 0 Å². The van der Waals surface area contributed by atoms with Crippen LogP contribution in [-0.2, 0) is 6.54 Å². The fourth-order valence-electron chi connectivity index (χ4n) is 1.53. The number of aryl methyl sites for hydroxylation is 1. The van der Waals surface area contributed by atoms with E-state index in [1.54, 1.807) is 11.3 Å². The van der Waals surface area contributed by atoms with Crippen molar-refractivity contribution < 1.29 is 0 Å². The van der Waals surface area contributed by atoms with Gasteiger partial charge in [-0.25, -0.2) is 4.98 Å². The second-order valence-electron chi connectivity index (χ2n) is 4.35. The van der Waals surface area contributed by atoms with Crippen LogP contribution in [0.4, 0.5) is 0 Å². The lowest BCUT2D eigenvalue weighted by molar-refractivity contribution is 0.323. The first-order chi connectivity index (χ1) is 7.24. The molecule has 1 fully saturated rings. The summed E-state index contributed by atoms with van der Waals surface area (Å²) < 4.78 is 0. The van der Waals surface area contributed by atoms with Crippen molar-refractivity contribution in [3.8, 4) is 0 Å². The Balaban J connectivity index is 1.64. The first-order valence-electron chi connectivity index (χ1n) is 5.57. The van der Waals surface area contributed by atoms with Crippen LogP contribution in [0.2, 0.25) is 0 Å². The number of nitrogens with zero attached hydrogens (tertiary/aromatic N) is 2. The molecule has 0 spiro atoms. The van der Waals surface area contributed by atoms with Crippen molar-refractivity contribution in [3.63, 3.8) is 0 Å². The second-order valence-corrected chi connectivity index (χ2v) is 5.29. The minimum Gasteiger partial charge on any atom is -0.313 e. The van der Waals surface area contributed by atoms with Crippen molar-refractivity contribution in [2.75, 3.05) is 20.1 Å². The lowest BCUT2D eigenvalue weighted by Gasteiger charge is -2.15. The molecular weight excluding hydrogens is 206 g/mol. The summed E-state index contributed by atoms with van der Waals surface area (Å²) >= 11 is 1.76. The third-order valence-electron chi connectivity index (χ3n) is 2.58. The monoisotopic (exact) mass is 225 g/mol. The van der Waals surface area contributed by atoms with E-state index in [1.165, 1.54) is 17.8 Å². The number of thiazole rings is 1. The molecule has 0 aliphatic heterocycles. The average molecular weight is 225 g/mol. The molecule has 15 heavy (non-hydrogen) atoms. The molecule has 0 radical (unpaired) electrons. The molecule has 0 atom stereocenters. The van der Waals surface area contributed by atoms with E-state index >= 15 is 0 Å². The van der Waals surface area contributed by atoms with Gasteiger partial charge >= 0.3 is 0 Å².